The van der Waals surface area contributed by atoms with E-state index in [-0.39, 0.29) is 0 Å². The van der Waals surface area contributed by atoms with Gasteiger partial charge in [-0.05, 0) is 30.7 Å². The van der Waals surface area contributed by atoms with Crippen LogP contribution in [0.15, 0.2) is 0 Å². The summed E-state index contributed by atoms with van der Waals surface area (Å²) >= 11 is 0. The van der Waals surface area contributed by atoms with Gasteiger partial charge in [-0.2, -0.15) is 0 Å². The third-order valence-corrected chi connectivity index (χ3v) is 2.88. The fourth-order valence-electron chi connectivity index (χ4n) is 2.23. The maximum Gasteiger partial charge on any atom is 0.000515 e. The van der Waals surface area contributed by atoms with Gasteiger partial charge in [-0.1, -0.05) is 27.2 Å². The van der Waals surface area contributed by atoms with Gasteiger partial charge in [0.2, 0.25) is 0 Å². The van der Waals surface area contributed by atoms with Crippen molar-refractivity contribution < 1.29 is 0 Å². The highest BCUT2D eigenvalue weighted by molar-refractivity contribution is 4.85. The largest absolute Gasteiger partial charge is 0.316 e. The van der Waals surface area contributed by atoms with Gasteiger partial charge >= 0.3 is 0 Å². The predicted octanol–water partition coefficient (Wildman–Crippen LogP) is 2.42. The Labute approximate surface area is 70.6 Å². The smallest absolute Gasteiger partial charge is 0.000515 e. The average Bonchev–Trinajstić information content (AvgIpc) is 2.28. The molecule has 1 aliphatic carbocycles. The summed E-state index contributed by atoms with van der Waals surface area (Å²) < 4.78 is 0. The van der Waals surface area contributed by atoms with Crippen LogP contribution < -0.4 is 5.32 Å². The Morgan fingerprint density at radius 3 is 2.73 bits per heavy atom. The zero-order chi connectivity index (χ0) is 8.32. The van der Waals surface area contributed by atoms with Gasteiger partial charge in [-0.25, -0.2) is 0 Å². The molecular weight excluding hydrogens is 134 g/mol. The summed E-state index contributed by atoms with van der Waals surface area (Å²) in [5.41, 5.74) is 0.607. The monoisotopic (exact) mass is 155 g/mol. The van der Waals surface area contributed by atoms with E-state index < -0.39 is 0 Å². The molecule has 0 aromatic carbocycles. The van der Waals surface area contributed by atoms with Crippen molar-refractivity contribution in [2.45, 2.75) is 40.0 Å². The van der Waals surface area contributed by atoms with E-state index in [1.807, 2.05) is 0 Å². The fourth-order valence-corrected chi connectivity index (χ4v) is 2.23. The molecule has 1 nitrogen and oxygen atoms in total. The molecule has 0 aromatic heterocycles. The van der Waals surface area contributed by atoms with Gasteiger partial charge in [0.1, 0.15) is 0 Å². The minimum atomic E-state index is 0.607. The molecule has 1 heteroatoms. The molecule has 1 saturated carbocycles. The maximum atomic E-state index is 3.45. The summed E-state index contributed by atoms with van der Waals surface area (Å²) in [4.78, 5) is 0. The third kappa shape index (κ3) is 2.48. The number of hydrogen-bond acceptors (Lipinski definition) is 1. The average molecular weight is 155 g/mol. The lowest BCUT2D eigenvalue weighted by Crippen LogP contribution is -2.29. The van der Waals surface area contributed by atoms with Gasteiger partial charge in [0.15, 0.2) is 0 Å². The second kappa shape index (κ2) is 3.57. The van der Waals surface area contributed by atoms with Gasteiger partial charge in [0, 0.05) is 6.54 Å². The summed E-state index contributed by atoms with van der Waals surface area (Å²) in [7, 11) is 0. The first kappa shape index (κ1) is 9.05. The van der Waals surface area contributed by atoms with E-state index in [9.17, 15) is 0 Å². The quantitative estimate of drug-likeness (QED) is 0.660. The van der Waals surface area contributed by atoms with Crippen molar-refractivity contribution in [2.75, 3.05) is 13.1 Å². The highest BCUT2D eigenvalue weighted by atomic mass is 14.9. The van der Waals surface area contributed by atoms with Gasteiger partial charge < -0.3 is 5.32 Å². The summed E-state index contributed by atoms with van der Waals surface area (Å²) in [5, 5.41) is 3.45. The molecular formula is C10H21N. The van der Waals surface area contributed by atoms with Crippen molar-refractivity contribution in [3.63, 3.8) is 0 Å². The van der Waals surface area contributed by atoms with Crippen molar-refractivity contribution in [1.29, 1.82) is 0 Å². The van der Waals surface area contributed by atoms with Crippen molar-refractivity contribution in [3.05, 3.63) is 0 Å². The standard InChI is InChI=1S/C10H21N/c1-4-11-8-10(3)6-5-9(2)7-10/h9,11H,4-8H2,1-3H3. The van der Waals surface area contributed by atoms with Crippen LogP contribution in [0, 0.1) is 11.3 Å². The van der Waals surface area contributed by atoms with Crippen LogP contribution in [0.1, 0.15) is 40.0 Å². The lowest BCUT2D eigenvalue weighted by molar-refractivity contribution is 0.308. The van der Waals surface area contributed by atoms with Crippen molar-refractivity contribution in [3.8, 4) is 0 Å². The minimum absolute atomic E-state index is 0.607. The van der Waals surface area contributed by atoms with E-state index in [4.69, 9.17) is 0 Å². The summed E-state index contributed by atoms with van der Waals surface area (Å²) in [5.74, 6) is 0.957. The number of rotatable bonds is 3. The summed E-state index contributed by atoms with van der Waals surface area (Å²) in [6, 6.07) is 0. The molecule has 1 rings (SSSR count). The van der Waals surface area contributed by atoms with E-state index in [2.05, 4.69) is 26.1 Å². The van der Waals surface area contributed by atoms with Gasteiger partial charge in [-0.3, -0.25) is 0 Å². The molecule has 0 spiro atoms. The van der Waals surface area contributed by atoms with Crippen molar-refractivity contribution in [2.24, 2.45) is 11.3 Å². The fraction of sp³-hybridized carbons (Fsp3) is 1.00. The molecule has 1 fully saturated rings. The van der Waals surface area contributed by atoms with Crippen LogP contribution in [0.25, 0.3) is 0 Å². The number of hydrogen-bond donors (Lipinski definition) is 1. The van der Waals surface area contributed by atoms with Crippen LogP contribution in [0.2, 0.25) is 0 Å². The van der Waals surface area contributed by atoms with Crippen molar-refractivity contribution >= 4 is 0 Å². The molecule has 2 unspecified atom stereocenters. The Kier molecular flexibility index (Phi) is 2.94. The molecule has 1 aliphatic rings. The molecule has 0 aromatic rings. The molecule has 0 saturated heterocycles. The SMILES string of the molecule is CCNCC1(C)CCC(C)C1. The molecule has 11 heavy (non-hydrogen) atoms. The third-order valence-electron chi connectivity index (χ3n) is 2.88. The van der Waals surface area contributed by atoms with Crippen LogP contribution in [-0.2, 0) is 0 Å². The zero-order valence-electron chi connectivity index (χ0n) is 8.11. The topological polar surface area (TPSA) is 12.0 Å². The first-order chi connectivity index (χ1) is 5.16. The zero-order valence-corrected chi connectivity index (χ0v) is 8.11. The predicted molar refractivity (Wildman–Crippen MR) is 49.7 cm³/mol. The van der Waals surface area contributed by atoms with Crippen LogP contribution in [0.4, 0.5) is 0 Å². The van der Waals surface area contributed by atoms with Gasteiger partial charge in [0.25, 0.3) is 0 Å². The van der Waals surface area contributed by atoms with Crippen LogP contribution in [0.3, 0.4) is 0 Å². The molecule has 66 valence electrons. The highest BCUT2D eigenvalue weighted by Gasteiger charge is 2.31. The Balaban J connectivity index is 2.29. The second-order valence-corrected chi connectivity index (χ2v) is 4.44. The van der Waals surface area contributed by atoms with E-state index in [0.29, 0.717) is 5.41 Å². The molecule has 1 N–H and O–H groups in total. The van der Waals surface area contributed by atoms with Crippen LogP contribution in [0.5, 0.6) is 0 Å². The Bertz CT molecular complexity index is 122. The van der Waals surface area contributed by atoms with Crippen LogP contribution in [-0.4, -0.2) is 13.1 Å². The maximum absolute atomic E-state index is 3.45. The van der Waals surface area contributed by atoms with Gasteiger partial charge in [-0.15, -0.1) is 0 Å². The van der Waals surface area contributed by atoms with E-state index in [0.717, 1.165) is 12.5 Å². The molecule has 0 heterocycles. The lowest BCUT2D eigenvalue weighted by atomic mass is 9.88. The Morgan fingerprint density at radius 1 is 1.55 bits per heavy atom. The summed E-state index contributed by atoms with van der Waals surface area (Å²) in [6.07, 6.45) is 4.27. The Hall–Kier alpha value is -0.0400. The van der Waals surface area contributed by atoms with Crippen LogP contribution >= 0.6 is 0 Å². The lowest BCUT2D eigenvalue weighted by Gasteiger charge is -2.23. The van der Waals surface area contributed by atoms with E-state index in [1.165, 1.54) is 25.8 Å². The van der Waals surface area contributed by atoms with E-state index >= 15 is 0 Å². The van der Waals surface area contributed by atoms with Gasteiger partial charge in [0.05, 0.1) is 0 Å². The van der Waals surface area contributed by atoms with Crippen molar-refractivity contribution in [1.82, 2.24) is 5.32 Å². The summed E-state index contributed by atoms with van der Waals surface area (Å²) in [6.45, 7) is 9.30. The molecule has 2 atom stereocenters. The Morgan fingerprint density at radius 2 is 2.27 bits per heavy atom. The van der Waals surface area contributed by atoms with E-state index in [1.54, 1.807) is 0 Å². The minimum Gasteiger partial charge on any atom is -0.316 e. The first-order valence-corrected chi connectivity index (χ1v) is 4.87. The normalized spacial score (nSPS) is 37.9. The highest BCUT2D eigenvalue weighted by Crippen LogP contribution is 2.40. The molecule has 0 aliphatic heterocycles. The number of nitrogens with one attached hydrogen (secondary N) is 1. The molecule has 0 bridgehead atoms. The molecule has 0 radical (unpaired) electrons. The first-order valence-electron chi connectivity index (χ1n) is 4.87. The second-order valence-electron chi connectivity index (χ2n) is 4.44. The molecule has 0 amide bonds.